The normalized spacial score (nSPS) is 10.8. The Labute approximate surface area is 130 Å². The molecule has 0 fully saturated rings. The van der Waals surface area contributed by atoms with Gasteiger partial charge in [-0.1, -0.05) is 12.1 Å². The number of benzene rings is 1. The van der Waals surface area contributed by atoms with Crippen LogP contribution < -0.4 is 5.32 Å². The van der Waals surface area contributed by atoms with Crippen molar-refractivity contribution < 1.29 is 4.92 Å². The molecule has 0 aliphatic carbocycles. The van der Waals surface area contributed by atoms with E-state index in [9.17, 15) is 10.1 Å². The summed E-state index contributed by atoms with van der Waals surface area (Å²) >= 11 is 5.24. The van der Waals surface area contributed by atoms with Crippen molar-refractivity contribution in [3.05, 3.63) is 59.7 Å². The van der Waals surface area contributed by atoms with Crippen molar-refractivity contribution >= 4 is 33.0 Å². The van der Waals surface area contributed by atoms with Crippen LogP contribution in [0, 0.1) is 24.0 Å². The summed E-state index contributed by atoms with van der Waals surface area (Å²) < 4.78 is 1.13. The molecule has 2 aromatic rings. The summed E-state index contributed by atoms with van der Waals surface area (Å²) in [6, 6.07) is 7.30. The maximum Gasteiger partial charge on any atom is 0.272 e. The molecule has 4 nitrogen and oxygen atoms in total. The fourth-order valence-corrected chi connectivity index (χ4v) is 3.56. The van der Waals surface area contributed by atoms with E-state index < -0.39 is 0 Å². The van der Waals surface area contributed by atoms with E-state index in [-0.39, 0.29) is 10.6 Å². The Morgan fingerprint density at radius 2 is 2.10 bits per heavy atom. The van der Waals surface area contributed by atoms with Crippen molar-refractivity contribution in [2.75, 3.05) is 0 Å². The Kier molecular flexibility index (Phi) is 4.91. The second-order valence-corrected chi connectivity index (χ2v) is 6.73. The van der Waals surface area contributed by atoms with E-state index in [1.54, 1.807) is 30.4 Å². The van der Waals surface area contributed by atoms with E-state index in [4.69, 9.17) is 0 Å². The minimum Gasteiger partial charge on any atom is -0.308 e. The number of hydrogen-bond acceptors (Lipinski definition) is 4. The topological polar surface area (TPSA) is 55.2 Å². The Morgan fingerprint density at radius 1 is 1.35 bits per heavy atom. The van der Waals surface area contributed by atoms with Gasteiger partial charge in [0.1, 0.15) is 0 Å². The van der Waals surface area contributed by atoms with Crippen LogP contribution in [0.25, 0.3) is 0 Å². The maximum atomic E-state index is 10.9. The molecule has 0 radical (unpaired) electrons. The van der Waals surface area contributed by atoms with E-state index in [0.717, 1.165) is 22.1 Å². The lowest BCUT2D eigenvalue weighted by Crippen LogP contribution is -2.13. The third kappa shape index (κ3) is 3.45. The predicted octanol–water partition coefficient (Wildman–Crippen LogP) is 4.33. The number of hydrogen-bond donors (Lipinski definition) is 1. The van der Waals surface area contributed by atoms with Crippen molar-refractivity contribution in [3.8, 4) is 0 Å². The highest BCUT2D eigenvalue weighted by Crippen LogP contribution is 2.26. The summed E-state index contributed by atoms with van der Waals surface area (Å²) in [6.45, 7) is 5.26. The van der Waals surface area contributed by atoms with Crippen LogP contribution in [0.2, 0.25) is 0 Å². The van der Waals surface area contributed by atoms with Crippen molar-refractivity contribution in [2.24, 2.45) is 0 Å². The second kappa shape index (κ2) is 6.47. The molecule has 106 valence electrons. The summed E-state index contributed by atoms with van der Waals surface area (Å²) in [7, 11) is 0. The maximum absolute atomic E-state index is 10.9. The van der Waals surface area contributed by atoms with Crippen LogP contribution in [-0.4, -0.2) is 4.92 Å². The molecule has 6 heteroatoms. The molecule has 0 saturated carbocycles. The van der Waals surface area contributed by atoms with Crippen LogP contribution in [0.3, 0.4) is 0 Å². The molecule has 2 rings (SSSR count). The molecule has 0 unspecified atom stereocenters. The van der Waals surface area contributed by atoms with E-state index in [0.29, 0.717) is 6.54 Å². The smallest absolute Gasteiger partial charge is 0.272 e. The van der Waals surface area contributed by atoms with Gasteiger partial charge in [-0.2, -0.15) is 0 Å². The molecule has 20 heavy (non-hydrogen) atoms. The van der Waals surface area contributed by atoms with Crippen molar-refractivity contribution in [1.29, 1.82) is 0 Å². The lowest BCUT2D eigenvalue weighted by Gasteiger charge is -2.07. The Morgan fingerprint density at radius 3 is 2.70 bits per heavy atom. The fourth-order valence-electron chi connectivity index (χ4n) is 1.98. The van der Waals surface area contributed by atoms with Crippen molar-refractivity contribution in [2.45, 2.75) is 26.9 Å². The lowest BCUT2D eigenvalue weighted by atomic mass is 10.1. The van der Waals surface area contributed by atoms with Gasteiger partial charge >= 0.3 is 0 Å². The monoisotopic (exact) mass is 354 g/mol. The minimum atomic E-state index is -0.335. The Bertz CT molecular complexity index is 621. The van der Waals surface area contributed by atoms with Gasteiger partial charge in [0.25, 0.3) is 5.69 Å². The number of rotatable bonds is 5. The van der Waals surface area contributed by atoms with Crippen LogP contribution in [0.15, 0.2) is 28.7 Å². The largest absolute Gasteiger partial charge is 0.308 e. The van der Waals surface area contributed by atoms with Gasteiger partial charge < -0.3 is 5.32 Å². The first-order valence-corrected chi connectivity index (χ1v) is 7.78. The average Bonchev–Trinajstić information content (AvgIpc) is 2.70. The van der Waals surface area contributed by atoms with Crippen LogP contribution in [0.1, 0.15) is 20.9 Å². The molecule has 0 spiro atoms. The van der Waals surface area contributed by atoms with Gasteiger partial charge in [-0.05, 0) is 41.4 Å². The zero-order valence-electron chi connectivity index (χ0n) is 11.3. The third-order valence-electron chi connectivity index (χ3n) is 3.14. The SMILES string of the molecule is Cc1sc(CNCc2cccc([N+](=O)[O-])c2C)cc1Br. The van der Waals surface area contributed by atoms with Crippen LogP contribution in [-0.2, 0) is 13.1 Å². The molecule has 1 aromatic heterocycles. The van der Waals surface area contributed by atoms with Gasteiger partial charge in [-0.25, -0.2) is 0 Å². The Hall–Kier alpha value is -1.24. The highest BCUT2D eigenvalue weighted by molar-refractivity contribution is 9.10. The molecule has 0 aliphatic rings. The van der Waals surface area contributed by atoms with Crippen LogP contribution in [0.5, 0.6) is 0 Å². The number of nitro benzene ring substituents is 1. The zero-order valence-corrected chi connectivity index (χ0v) is 13.7. The molecule has 1 N–H and O–H groups in total. The number of nitrogens with zero attached hydrogens (tertiary/aromatic N) is 1. The lowest BCUT2D eigenvalue weighted by molar-refractivity contribution is -0.385. The standard InChI is InChI=1S/C14H15BrN2O2S/c1-9-11(4-3-5-14(9)17(18)19)7-16-8-12-6-13(15)10(2)20-12/h3-6,16H,7-8H2,1-2H3. The molecular formula is C14H15BrN2O2S. The van der Waals surface area contributed by atoms with Crippen LogP contribution >= 0.6 is 27.3 Å². The van der Waals surface area contributed by atoms with E-state index in [1.807, 2.05) is 6.07 Å². The first-order chi connectivity index (χ1) is 9.49. The van der Waals surface area contributed by atoms with Gasteiger partial charge in [0.05, 0.1) is 4.92 Å². The summed E-state index contributed by atoms with van der Waals surface area (Å²) in [6.07, 6.45) is 0. The molecule has 0 atom stereocenters. The van der Waals surface area contributed by atoms with Crippen molar-refractivity contribution in [1.82, 2.24) is 5.32 Å². The molecule has 0 aliphatic heterocycles. The summed E-state index contributed by atoms with van der Waals surface area (Å²) in [4.78, 5) is 13.1. The minimum absolute atomic E-state index is 0.180. The number of aryl methyl sites for hydroxylation is 1. The molecule has 0 bridgehead atoms. The zero-order chi connectivity index (χ0) is 14.7. The predicted molar refractivity (Wildman–Crippen MR) is 85.1 cm³/mol. The average molecular weight is 355 g/mol. The first kappa shape index (κ1) is 15.2. The first-order valence-electron chi connectivity index (χ1n) is 6.17. The molecule has 0 saturated heterocycles. The molecular weight excluding hydrogens is 340 g/mol. The number of halogens is 1. The second-order valence-electron chi connectivity index (χ2n) is 4.54. The van der Waals surface area contributed by atoms with Gasteiger partial charge in [0.2, 0.25) is 0 Å². The van der Waals surface area contributed by atoms with Gasteiger partial charge in [-0.15, -0.1) is 11.3 Å². The number of thiophene rings is 1. The van der Waals surface area contributed by atoms with E-state index >= 15 is 0 Å². The van der Waals surface area contributed by atoms with E-state index in [2.05, 4.69) is 34.2 Å². The summed E-state index contributed by atoms with van der Waals surface area (Å²) in [5.74, 6) is 0. The van der Waals surface area contributed by atoms with E-state index in [1.165, 1.54) is 9.75 Å². The number of nitrogens with one attached hydrogen (secondary N) is 1. The Balaban J connectivity index is 2.01. The highest BCUT2D eigenvalue weighted by Gasteiger charge is 2.12. The van der Waals surface area contributed by atoms with Gasteiger partial charge in [-0.3, -0.25) is 10.1 Å². The van der Waals surface area contributed by atoms with Crippen molar-refractivity contribution in [3.63, 3.8) is 0 Å². The summed E-state index contributed by atoms with van der Waals surface area (Å²) in [5, 5.41) is 14.2. The quantitative estimate of drug-likeness (QED) is 0.642. The fraction of sp³-hybridized carbons (Fsp3) is 0.286. The molecule has 1 heterocycles. The third-order valence-corrected chi connectivity index (χ3v) is 5.27. The van der Waals surface area contributed by atoms with Crippen LogP contribution in [0.4, 0.5) is 5.69 Å². The summed E-state index contributed by atoms with van der Waals surface area (Å²) in [5.41, 5.74) is 1.87. The highest BCUT2D eigenvalue weighted by atomic mass is 79.9. The molecule has 0 amide bonds. The van der Waals surface area contributed by atoms with Gasteiger partial charge in [0, 0.05) is 38.9 Å². The number of nitro groups is 1. The molecule has 1 aromatic carbocycles. The van der Waals surface area contributed by atoms with Gasteiger partial charge in [0.15, 0.2) is 0 Å².